The second-order valence-corrected chi connectivity index (χ2v) is 4.78. The largest absolute Gasteiger partial charge is 0.375 e. The van der Waals surface area contributed by atoms with Gasteiger partial charge < -0.3 is 11.1 Å². The van der Waals surface area contributed by atoms with Crippen LogP contribution in [0.5, 0.6) is 0 Å². The van der Waals surface area contributed by atoms with E-state index in [1.807, 2.05) is 18.2 Å². The molecule has 6 heteroatoms. The van der Waals surface area contributed by atoms with E-state index in [1.165, 1.54) is 16.9 Å². The number of aromatic nitrogens is 3. The van der Waals surface area contributed by atoms with E-state index >= 15 is 0 Å². The highest BCUT2D eigenvalue weighted by molar-refractivity contribution is 7.21. The molecule has 3 rings (SSSR count). The fraction of sp³-hybridized carbons (Fsp3) is 0.0833. The lowest BCUT2D eigenvalue weighted by atomic mass is 10.2. The van der Waals surface area contributed by atoms with Crippen molar-refractivity contribution in [3.8, 4) is 0 Å². The molecule has 0 unspecified atom stereocenters. The number of nitrogens with zero attached hydrogens (tertiary/aromatic N) is 3. The third-order valence-electron chi connectivity index (χ3n) is 2.46. The second-order valence-electron chi connectivity index (χ2n) is 3.78. The van der Waals surface area contributed by atoms with E-state index in [-0.39, 0.29) is 0 Å². The van der Waals surface area contributed by atoms with Gasteiger partial charge in [0, 0.05) is 6.54 Å². The summed E-state index contributed by atoms with van der Waals surface area (Å²) in [6.07, 6.45) is 1.68. The molecule has 0 aliphatic heterocycles. The zero-order valence-electron chi connectivity index (χ0n) is 9.50. The van der Waals surface area contributed by atoms with E-state index in [4.69, 9.17) is 5.73 Å². The lowest BCUT2D eigenvalue weighted by molar-refractivity contribution is 1.07. The molecule has 2 aromatic heterocycles. The fourth-order valence-electron chi connectivity index (χ4n) is 1.61. The van der Waals surface area contributed by atoms with Crippen molar-refractivity contribution in [2.75, 3.05) is 11.1 Å². The number of fused-ring (bicyclic) bond motifs is 1. The van der Waals surface area contributed by atoms with Crippen LogP contribution in [0.25, 0.3) is 10.3 Å². The molecule has 2 heterocycles. The van der Waals surface area contributed by atoms with Gasteiger partial charge in [-0.05, 0) is 5.56 Å². The van der Waals surface area contributed by atoms with Gasteiger partial charge in [-0.3, -0.25) is 0 Å². The molecule has 0 amide bonds. The molecule has 0 aliphatic rings. The summed E-state index contributed by atoms with van der Waals surface area (Å²) >= 11 is 1.36. The van der Waals surface area contributed by atoms with Crippen LogP contribution in [0.2, 0.25) is 0 Å². The molecule has 18 heavy (non-hydrogen) atoms. The van der Waals surface area contributed by atoms with Gasteiger partial charge in [0.05, 0.1) is 6.20 Å². The van der Waals surface area contributed by atoms with Gasteiger partial charge in [0.2, 0.25) is 5.95 Å². The average molecular weight is 257 g/mol. The Morgan fingerprint density at radius 2 is 2.00 bits per heavy atom. The van der Waals surface area contributed by atoms with Crippen molar-refractivity contribution in [1.29, 1.82) is 0 Å². The van der Waals surface area contributed by atoms with E-state index in [9.17, 15) is 0 Å². The van der Waals surface area contributed by atoms with Crippen LogP contribution in [-0.4, -0.2) is 15.0 Å². The van der Waals surface area contributed by atoms with Crippen LogP contribution >= 0.6 is 11.3 Å². The van der Waals surface area contributed by atoms with Gasteiger partial charge in [-0.15, -0.1) is 0 Å². The van der Waals surface area contributed by atoms with Crippen molar-refractivity contribution in [1.82, 2.24) is 15.0 Å². The van der Waals surface area contributed by atoms with E-state index in [1.54, 1.807) is 6.20 Å². The van der Waals surface area contributed by atoms with Crippen molar-refractivity contribution >= 4 is 32.8 Å². The standard InChI is InChI=1S/C12H11N5S/c13-11-16-9-7-15-12(17-10(9)18-11)14-6-8-4-2-1-3-5-8/h1-5,7H,6H2,(H2,13,16)(H,14,15,17). The predicted octanol–water partition coefficient (Wildman–Crippen LogP) is 2.28. The number of benzene rings is 1. The third-order valence-corrected chi connectivity index (χ3v) is 3.26. The van der Waals surface area contributed by atoms with Crippen molar-refractivity contribution in [2.24, 2.45) is 0 Å². The Bertz CT molecular complexity index is 665. The van der Waals surface area contributed by atoms with Gasteiger partial charge in [0.1, 0.15) is 5.52 Å². The summed E-state index contributed by atoms with van der Waals surface area (Å²) in [6.45, 7) is 0.695. The Morgan fingerprint density at radius 1 is 1.17 bits per heavy atom. The van der Waals surface area contributed by atoms with Crippen LogP contribution in [0.4, 0.5) is 11.1 Å². The molecule has 0 bridgehead atoms. The van der Waals surface area contributed by atoms with Gasteiger partial charge in [0.15, 0.2) is 9.96 Å². The highest BCUT2D eigenvalue weighted by Gasteiger charge is 2.04. The minimum atomic E-state index is 0.513. The second kappa shape index (κ2) is 4.58. The maximum Gasteiger partial charge on any atom is 0.224 e. The summed E-state index contributed by atoms with van der Waals surface area (Å²) in [7, 11) is 0. The number of hydrogen-bond acceptors (Lipinski definition) is 6. The van der Waals surface area contributed by atoms with E-state index < -0.39 is 0 Å². The Kier molecular flexibility index (Phi) is 2.77. The van der Waals surface area contributed by atoms with Crippen molar-refractivity contribution in [3.05, 3.63) is 42.1 Å². The first-order valence-electron chi connectivity index (χ1n) is 5.48. The molecule has 0 radical (unpaired) electrons. The molecular formula is C12H11N5S. The van der Waals surface area contributed by atoms with Crippen LogP contribution < -0.4 is 11.1 Å². The average Bonchev–Trinajstić information content (AvgIpc) is 2.77. The molecule has 0 atom stereocenters. The Balaban J connectivity index is 1.78. The van der Waals surface area contributed by atoms with E-state index in [0.717, 1.165) is 10.3 Å². The molecule has 3 aromatic rings. The lowest BCUT2D eigenvalue weighted by Crippen LogP contribution is -2.02. The maximum absolute atomic E-state index is 5.62. The van der Waals surface area contributed by atoms with Crippen molar-refractivity contribution in [3.63, 3.8) is 0 Å². The maximum atomic E-state index is 5.62. The summed E-state index contributed by atoms with van der Waals surface area (Å²) in [6, 6.07) is 10.1. The van der Waals surface area contributed by atoms with Crippen LogP contribution in [0.3, 0.4) is 0 Å². The summed E-state index contributed by atoms with van der Waals surface area (Å²) in [5.41, 5.74) is 7.55. The lowest BCUT2D eigenvalue weighted by Gasteiger charge is -2.03. The highest BCUT2D eigenvalue weighted by atomic mass is 32.1. The minimum Gasteiger partial charge on any atom is -0.375 e. The molecule has 90 valence electrons. The molecule has 0 spiro atoms. The smallest absolute Gasteiger partial charge is 0.224 e. The third kappa shape index (κ3) is 2.23. The van der Waals surface area contributed by atoms with Crippen molar-refractivity contribution in [2.45, 2.75) is 6.54 Å². The Labute approximate surface area is 108 Å². The molecule has 3 N–H and O–H groups in total. The van der Waals surface area contributed by atoms with Gasteiger partial charge >= 0.3 is 0 Å². The minimum absolute atomic E-state index is 0.513. The molecule has 0 fully saturated rings. The quantitative estimate of drug-likeness (QED) is 0.752. The van der Waals surface area contributed by atoms with Gasteiger partial charge in [-0.25, -0.2) is 15.0 Å². The number of nitrogens with two attached hydrogens (primary N) is 1. The summed E-state index contributed by atoms with van der Waals surface area (Å²) < 4.78 is 0. The van der Waals surface area contributed by atoms with Crippen LogP contribution in [-0.2, 0) is 6.54 Å². The number of nitrogen functional groups attached to an aromatic ring is 1. The molecule has 0 saturated heterocycles. The number of nitrogens with one attached hydrogen (secondary N) is 1. The SMILES string of the molecule is Nc1nc2cnc(NCc3ccccc3)nc2s1. The molecule has 1 aromatic carbocycles. The first-order valence-corrected chi connectivity index (χ1v) is 6.30. The number of thiazole rings is 1. The Hall–Kier alpha value is -2.21. The van der Waals surface area contributed by atoms with E-state index in [0.29, 0.717) is 17.6 Å². The molecule has 5 nitrogen and oxygen atoms in total. The topological polar surface area (TPSA) is 76.7 Å². The summed E-state index contributed by atoms with van der Waals surface area (Å²) in [5, 5.41) is 3.69. The monoisotopic (exact) mass is 257 g/mol. The first kappa shape index (κ1) is 10.9. The summed E-state index contributed by atoms with van der Waals surface area (Å²) in [4.78, 5) is 13.5. The predicted molar refractivity (Wildman–Crippen MR) is 73.4 cm³/mol. The zero-order valence-corrected chi connectivity index (χ0v) is 10.3. The normalized spacial score (nSPS) is 10.7. The molecule has 0 aliphatic carbocycles. The van der Waals surface area contributed by atoms with Gasteiger partial charge in [-0.1, -0.05) is 41.7 Å². The highest BCUT2D eigenvalue weighted by Crippen LogP contribution is 2.21. The Morgan fingerprint density at radius 3 is 2.83 bits per heavy atom. The fourth-order valence-corrected chi connectivity index (χ4v) is 2.29. The van der Waals surface area contributed by atoms with Gasteiger partial charge in [0.25, 0.3) is 0 Å². The zero-order chi connectivity index (χ0) is 12.4. The van der Waals surface area contributed by atoms with Crippen LogP contribution in [0.15, 0.2) is 36.5 Å². The number of anilines is 2. The van der Waals surface area contributed by atoms with Crippen LogP contribution in [0.1, 0.15) is 5.56 Å². The molecular weight excluding hydrogens is 246 g/mol. The van der Waals surface area contributed by atoms with Gasteiger partial charge in [-0.2, -0.15) is 0 Å². The van der Waals surface area contributed by atoms with Crippen molar-refractivity contribution < 1.29 is 0 Å². The van der Waals surface area contributed by atoms with E-state index in [2.05, 4.69) is 32.4 Å². The van der Waals surface area contributed by atoms with Crippen LogP contribution in [0, 0.1) is 0 Å². The molecule has 0 saturated carbocycles. The number of rotatable bonds is 3. The summed E-state index contributed by atoms with van der Waals surface area (Å²) in [5.74, 6) is 0.593. The number of hydrogen-bond donors (Lipinski definition) is 2. The first-order chi connectivity index (χ1) is 8.81.